The van der Waals surface area contributed by atoms with E-state index in [-0.39, 0.29) is 0 Å². The molecule has 26 heavy (non-hydrogen) atoms. The number of para-hydroxylation sites is 1. The molecule has 0 bridgehead atoms. The first-order valence-corrected chi connectivity index (χ1v) is 9.94. The number of hydrogen-bond donors (Lipinski definition) is 2. The van der Waals surface area contributed by atoms with Crippen molar-refractivity contribution < 1.29 is 4.79 Å². The SMILES string of the molecule is Brc1ccccc1NCCNCc1cccc(N2CCCCC2)c1.C=O. The van der Waals surface area contributed by atoms with Crippen molar-refractivity contribution in [2.24, 2.45) is 0 Å². The van der Waals surface area contributed by atoms with Crippen LogP contribution < -0.4 is 15.5 Å². The topological polar surface area (TPSA) is 44.4 Å². The molecule has 140 valence electrons. The zero-order chi connectivity index (χ0) is 18.6. The second-order valence-electron chi connectivity index (χ2n) is 6.30. The van der Waals surface area contributed by atoms with E-state index in [1.165, 1.54) is 43.6 Å². The quantitative estimate of drug-likeness (QED) is 0.652. The van der Waals surface area contributed by atoms with Crippen LogP contribution in [-0.2, 0) is 11.3 Å². The zero-order valence-corrected chi connectivity index (χ0v) is 16.8. The lowest BCUT2D eigenvalue weighted by molar-refractivity contribution is -0.0979. The molecular formula is C21H28BrN3O. The largest absolute Gasteiger partial charge is 0.383 e. The monoisotopic (exact) mass is 417 g/mol. The third kappa shape index (κ3) is 6.46. The molecule has 0 radical (unpaired) electrons. The fourth-order valence-corrected chi connectivity index (χ4v) is 3.56. The second kappa shape index (κ2) is 11.7. The van der Waals surface area contributed by atoms with Gasteiger partial charge >= 0.3 is 0 Å². The van der Waals surface area contributed by atoms with Crippen LogP contribution in [0, 0.1) is 0 Å². The first-order valence-electron chi connectivity index (χ1n) is 9.15. The van der Waals surface area contributed by atoms with Crippen molar-refractivity contribution in [2.45, 2.75) is 25.8 Å². The van der Waals surface area contributed by atoms with Crippen molar-refractivity contribution in [1.29, 1.82) is 0 Å². The number of nitrogens with one attached hydrogen (secondary N) is 2. The predicted octanol–water partition coefficient (Wildman–Crippen LogP) is 4.46. The molecule has 0 atom stereocenters. The molecular weight excluding hydrogens is 390 g/mol. The molecule has 0 amide bonds. The summed E-state index contributed by atoms with van der Waals surface area (Å²) in [7, 11) is 0. The molecule has 0 aromatic heterocycles. The van der Waals surface area contributed by atoms with Crippen molar-refractivity contribution in [3.05, 3.63) is 58.6 Å². The Morgan fingerprint density at radius 1 is 0.962 bits per heavy atom. The first kappa shape index (κ1) is 20.5. The number of hydrogen-bond acceptors (Lipinski definition) is 4. The Labute approximate surface area is 165 Å². The van der Waals surface area contributed by atoms with Gasteiger partial charge in [0.25, 0.3) is 0 Å². The van der Waals surface area contributed by atoms with Crippen molar-refractivity contribution in [1.82, 2.24) is 5.32 Å². The van der Waals surface area contributed by atoms with Gasteiger partial charge in [-0.3, -0.25) is 0 Å². The van der Waals surface area contributed by atoms with Crippen LogP contribution in [0.15, 0.2) is 53.0 Å². The van der Waals surface area contributed by atoms with Gasteiger partial charge in [0.15, 0.2) is 0 Å². The summed E-state index contributed by atoms with van der Waals surface area (Å²) in [5.41, 5.74) is 3.88. The molecule has 0 spiro atoms. The van der Waals surface area contributed by atoms with E-state index < -0.39 is 0 Å². The Balaban J connectivity index is 0.00000117. The van der Waals surface area contributed by atoms with Crippen LogP contribution in [0.3, 0.4) is 0 Å². The van der Waals surface area contributed by atoms with Gasteiger partial charge in [-0.15, -0.1) is 0 Å². The van der Waals surface area contributed by atoms with Crippen molar-refractivity contribution in [2.75, 3.05) is 36.4 Å². The summed E-state index contributed by atoms with van der Waals surface area (Å²) in [6, 6.07) is 17.2. The minimum absolute atomic E-state index is 0.911. The van der Waals surface area contributed by atoms with Crippen LogP contribution in [0.5, 0.6) is 0 Å². The van der Waals surface area contributed by atoms with Crippen LogP contribution in [0.25, 0.3) is 0 Å². The maximum absolute atomic E-state index is 8.00. The molecule has 5 heteroatoms. The van der Waals surface area contributed by atoms with Crippen LogP contribution in [0.1, 0.15) is 24.8 Å². The van der Waals surface area contributed by atoms with Crippen molar-refractivity contribution in [3.8, 4) is 0 Å². The van der Waals surface area contributed by atoms with Gasteiger partial charge in [0, 0.05) is 48.6 Å². The Bertz CT molecular complexity index is 659. The average Bonchev–Trinajstić information content (AvgIpc) is 2.71. The minimum atomic E-state index is 0.911. The molecule has 0 aliphatic carbocycles. The summed E-state index contributed by atoms with van der Waals surface area (Å²) in [6.07, 6.45) is 4.02. The number of carbonyl (C=O) groups excluding carboxylic acids is 1. The Morgan fingerprint density at radius 2 is 1.73 bits per heavy atom. The van der Waals surface area contributed by atoms with Crippen molar-refractivity contribution >= 4 is 34.1 Å². The maximum atomic E-state index is 8.00. The summed E-state index contributed by atoms with van der Waals surface area (Å²) in [5.74, 6) is 0. The molecule has 1 aliphatic rings. The Kier molecular flexibility index (Phi) is 9.21. The number of benzene rings is 2. The van der Waals surface area contributed by atoms with Gasteiger partial charge in [-0.25, -0.2) is 0 Å². The van der Waals surface area contributed by atoms with Crippen LogP contribution in [0.2, 0.25) is 0 Å². The summed E-state index contributed by atoms with van der Waals surface area (Å²) >= 11 is 3.56. The smallest absolute Gasteiger partial charge is 0.106 e. The third-order valence-corrected chi connectivity index (χ3v) is 5.14. The summed E-state index contributed by atoms with van der Waals surface area (Å²) < 4.78 is 1.11. The standard InChI is InChI=1S/C20H26BrN3.CH2O/c21-19-9-2-3-10-20(19)23-12-11-22-16-17-7-6-8-18(15-17)24-13-4-1-5-14-24;1-2/h2-3,6-10,15,22-23H,1,4-5,11-14,16H2;1H2. The van der Waals surface area contributed by atoms with Crippen LogP contribution in [0.4, 0.5) is 11.4 Å². The lowest BCUT2D eigenvalue weighted by Gasteiger charge is -2.29. The fourth-order valence-electron chi connectivity index (χ4n) is 3.14. The zero-order valence-electron chi connectivity index (χ0n) is 15.2. The number of anilines is 2. The highest BCUT2D eigenvalue weighted by molar-refractivity contribution is 9.10. The molecule has 1 fully saturated rings. The van der Waals surface area contributed by atoms with Crippen LogP contribution in [-0.4, -0.2) is 33.0 Å². The predicted molar refractivity (Wildman–Crippen MR) is 114 cm³/mol. The summed E-state index contributed by atoms with van der Waals surface area (Å²) in [5, 5.41) is 6.97. The van der Waals surface area contributed by atoms with Crippen LogP contribution >= 0.6 is 15.9 Å². The van der Waals surface area contributed by atoms with E-state index in [4.69, 9.17) is 4.79 Å². The summed E-state index contributed by atoms with van der Waals surface area (Å²) in [6.45, 7) is 7.17. The van der Waals surface area contributed by atoms with Gasteiger partial charge in [-0.05, 0) is 65.0 Å². The van der Waals surface area contributed by atoms with Gasteiger partial charge in [-0.2, -0.15) is 0 Å². The average molecular weight is 418 g/mol. The normalized spacial score (nSPS) is 13.7. The highest BCUT2D eigenvalue weighted by atomic mass is 79.9. The lowest BCUT2D eigenvalue weighted by Crippen LogP contribution is -2.29. The van der Waals surface area contributed by atoms with E-state index >= 15 is 0 Å². The van der Waals surface area contributed by atoms with E-state index in [1.54, 1.807) is 0 Å². The third-order valence-electron chi connectivity index (χ3n) is 4.45. The minimum Gasteiger partial charge on any atom is -0.383 e. The van der Waals surface area contributed by atoms with Gasteiger partial charge in [-0.1, -0.05) is 24.3 Å². The van der Waals surface area contributed by atoms with E-state index in [1.807, 2.05) is 18.9 Å². The number of carbonyl (C=O) groups is 1. The molecule has 3 rings (SSSR count). The van der Waals surface area contributed by atoms with E-state index in [0.29, 0.717) is 0 Å². The number of nitrogens with zero attached hydrogens (tertiary/aromatic N) is 1. The molecule has 1 aliphatic heterocycles. The first-order chi connectivity index (χ1) is 12.8. The molecule has 2 N–H and O–H groups in total. The Hall–Kier alpha value is -1.85. The van der Waals surface area contributed by atoms with E-state index in [0.717, 1.165) is 29.8 Å². The highest BCUT2D eigenvalue weighted by Crippen LogP contribution is 2.21. The van der Waals surface area contributed by atoms with Gasteiger partial charge in [0.05, 0.1) is 0 Å². The molecule has 0 saturated carbocycles. The highest BCUT2D eigenvalue weighted by Gasteiger charge is 2.10. The molecule has 2 aromatic carbocycles. The number of rotatable bonds is 7. The molecule has 0 unspecified atom stereocenters. The maximum Gasteiger partial charge on any atom is 0.106 e. The van der Waals surface area contributed by atoms with E-state index in [2.05, 4.69) is 67.9 Å². The second-order valence-corrected chi connectivity index (χ2v) is 7.16. The van der Waals surface area contributed by atoms with Crippen molar-refractivity contribution in [3.63, 3.8) is 0 Å². The van der Waals surface area contributed by atoms with E-state index in [9.17, 15) is 0 Å². The summed E-state index contributed by atoms with van der Waals surface area (Å²) in [4.78, 5) is 10.5. The fraction of sp³-hybridized carbons (Fsp3) is 0.381. The molecule has 2 aromatic rings. The Morgan fingerprint density at radius 3 is 2.50 bits per heavy atom. The van der Waals surface area contributed by atoms with Gasteiger partial charge < -0.3 is 20.3 Å². The molecule has 1 heterocycles. The van der Waals surface area contributed by atoms with Gasteiger partial charge in [0.1, 0.15) is 6.79 Å². The van der Waals surface area contributed by atoms with Gasteiger partial charge in [0.2, 0.25) is 0 Å². The molecule has 4 nitrogen and oxygen atoms in total. The lowest BCUT2D eigenvalue weighted by atomic mass is 10.1. The number of halogens is 1. The number of piperidine rings is 1. The molecule has 1 saturated heterocycles.